The molecule has 0 aliphatic heterocycles. The second kappa shape index (κ2) is 8.06. The second-order valence-electron chi connectivity index (χ2n) is 5.70. The van der Waals surface area contributed by atoms with E-state index in [9.17, 15) is 5.11 Å². The molecule has 0 aromatic heterocycles. The molecule has 0 spiro atoms. The first-order valence-corrected chi connectivity index (χ1v) is 7.01. The largest absolute Gasteiger partial charge is 0.394 e. The van der Waals surface area contributed by atoms with Crippen molar-refractivity contribution in [2.45, 2.75) is 72.0 Å². The van der Waals surface area contributed by atoms with Crippen molar-refractivity contribution in [3.05, 3.63) is 0 Å². The third-order valence-corrected chi connectivity index (χ3v) is 3.27. The smallest absolute Gasteiger partial charge is 0.0611 e. The van der Waals surface area contributed by atoms with Crippen LogP contribution in [0.5, 0.6) is 0 Å². The quantitative estimate of drug-likeness (QED) is 0.653. The first kappa shape index (κ1) is 16.9. The highest BCUT2D eigenvalue weighted by molar-refractivity contribution is 4.88. The number of rotatable bonds is 9. The van der Waals surface area contributed by atoms with Crippen LogP contribution in [0.15, 0.2) is 0 Å². The van der Waals surface area contributed by atoms with E-state index in [0.717, 1.165) is 19.5 Å². The van der Waals surface area contributed by atoms with Crippen LogP contribution in [0.3, 0.4) is 0 Å². The van der Waals surface area contributed by atoms with E-state index in [1.165, 1.54) is 6.42 Å². The minimum atomic E-state index is -0.172. The minimum Gasteiger partial charge on any atom is -0.394 e. The van der Waals surface area contributed by atoms with Crippen LogP contribution >= 0.6 is 0 Å². The molecule has 2 atom stereocenters. The van der Waals surface area contributed by atoms with Crippen LogP contribution in [0, 0.1) is 0 Å². The standard InChI is InChI=1S/C14H32N2O/c1-7-9-16(8-2)13(5)10-14(6,11-17)15-12(3)4/h12-13,15,17H,7-11H2,1-6H3. The molecule has 2 unspecified atom stereocenters. The van der Waals surface area contributed by atoms with Crippen molar-refractivity contribution in [3.63, 3.8) is 0 Å². The highest BCUT2D eigenvalue weighted by atomic mass is 16.3. The van der Waals surface area contributed by atoms with E-state index >= 15 is 0 Å². The molecule has 0 radical (unpaired) electrons. The Morgan fingerprint density at radius 3 is 2.18 bits per heavy atom. The summed E-state index contributed by atoms with van der Waals surface area (Å²) in [6, 6.07) is 0.906. The molecule has 3 heteroatoms. The number of nitrogens with one attached hydrogen (secondary N) is 1. The number of nitrogens with zero attached hydrogens (tertiary/aromatic N) is 1. The van der Waals surface area contributed by atoms with Crippen molar-refractivity contribution in [2.75, 3.05) is 19.7 Å². The number of hydrogen-bond acceptors (Lipinski definition) is 3. The van der Waals surface area contributed by atoms with Crippen molar-refractivity contribution in [3.8, 4) is 0 Å². The Morgan fingerprint density at radius 2 is 1.82 bits per heavy atom. The van der Waals surface area contributed by atoms with Gasteiger partial charge in [0.25, 0.3) is 0 Å². The van der Waals surface area contributed by atoms with E-state index in [2.05, 4.69) is 51.8 Å². The summed E-state index contributed by atoms with van der Waals surface area (Å²) < 4.78 is 0. The third-order valence-electron chi connectivity index (χ3n) is 3.27. The van der Waals surface area contributed by atoms with Crippen molar-refractivity contribution < 1.29 is 5.11 Å². The SMILES string of the molecule is CCCN(CC)C(C)CC(C)(CO)NC(C)C. The van der Waals surface area contributed by atoms with Gasteiger partial charge >= 0.3 is 0 Å². The Morgan fingerprint density at radius 1 is 1.24 bits per heavy atom. The van der Waals surface area contributed by atoms with E-state index < -0.39 is 0 Å². The Labute approximate surface area is 108 Å². The maximum atomic E-state index is 9.59. The lowest BCUT2D eigenvalue weighted by Gasteiger charge is -2.37. The van der Waals surface area contributed by atoms with Gasteiger partial charge in [0, 0.05) is 17.6 Å². The maximum absolute atomic E-state index is 9.59. The summed E-state index contributed by atoms with van der Waals surface area (Å²) in [5.74, 6) is 0. The number of aliphatic hydroxyl groups excluding tert-OH is 1. The predicted octanol–water partition coefficient (Wildman–Crippen LogP) is 2.25. The highest BCUT2D eigenvalue weighted by Gasteiger charge is 2.28. The molecule has 0 amide bonds. The van der Waals surface area contributed by atoms with Crippen LogP contribution in [0.2, 0.25) is 0 Å². The van der Waals surface area contributed by atoms with Crippen molar-refractivity contribution in [1.29, 1.82) is 0 Å². The van der Waals surface area contributed by atoms with Gasteiger partial charge in [0.2, 0.25) is 0 Å². The van der Waals surface area contributed by atoms with E-state index in [1.807, 2.05) is 0 Å². The first-order chi connectivity index (χ1) is 7.88. The molecule has 0 saturated carbocycles. The van der Waals surface area contributed by atoms with E-state index in [1.54, 1.807) is 0 Å². The molecule has 0 aliphatic carbocycles. The molecular weight excluding hydrogens is 212 g/mol. The molecular formula is C14H32N2O. The number of aliphatic hydroxyl groups is 1. The molecule has 0 aromatic carbocycles. The minimum absolute atomic E-state index is 0.172. The van der Waals surface area contributed by atoms with Gasteiger partial charge in [-0.05, 0) is 39.8 Å². The van der Waals surface area contributed by atoms with Gasteiger partial charge in [-0.1, -0.05) is 27.7 Å². The zero-order valence-electron chi connectivity index (χ0n) is 12.6. The molecule has 0 aliphatic rings. The Kier molecular flexibility index (Phi) is 8.01. The van der Waals surface area contributed by atoms with E-state index in [-0.39, 0.29) is 12.1 Å². The third kappa shape index (κ3) is 6.39. The molecule has 0 rings (SSSR count). The van der Waals surface area contributed by atoms with Crippen LogP contribution in [0.1, 0.15) is 54.4 Å². The molecule has 0 saturated heterocycles. The molecule has 0 heterocycles. The summed E-state index contributed by atoms with van der Waals surface area (Å²) in [6.45, 7) is 15.5. The molecule has 17 heavy (non-hydrogen) atoms. The van der Waals surface area contributed by atoms with Gasteiger partial charge in [-0.15, -0.1) is 0 Å². The Bertz CT molecular complexity index is 197. The zero-order valence-corrected chi connectivity index (χ0v) is 12.6. The molecule has 0 bridgehead atoms. The summed E-state index contributed by atoms with van der Waals surface area (Å²) in [5.41, 5.74) is -0.172. The Balaban J connectivity index is 4.43. The van der Waals surface area contributed by atoms with Crippen LogP contribution in [0.25, 0.3) is 0 Å². The fraction of sp³-hybridized carbons (Fsp3) is 1.00. The van der Waals surface area contributed by atoms with Crippen molar-refractivity contribution in [1.82, 2.24) is 10.2 Å². The molecule has 0 fully saturated rings. The van der Waals surface area contributed by atoms with Gasteiger partial charge in [-0.2, -0.15) is 0 Å². The summed E-state index contributed by atoms with van der Waals surface area (Å²) >= 11 is 0. The number of hydrogen-bond donors (Lipinski definition) is 2. The predicted molar refractivity (Wildman–Crippen MR) is 75.4 cm³/mol. The second-order valence-corrected chi connectivity index (χ2v) is 5.70. The summed E-state index contributed by atoms with van der Waals surface area (Å²) in [4.78, 5) is 2.48. The zero-order chi connectivity index (χ0) is 13.5. The maximum Gasteiger partial charge on any atom is 0.0611 e. The lowest BCUT2D eigenvalue weighted by atomic mass is 9.92. The molecule has 104 valence electrons. The van der Waals surface area contributed by atoms with E-state index in [0.29, 0.717) is 12.1 Å². The van der Waals surface area contributed by atoms with Gasteiger partial charge in [-0.25, -0.2) is 0 Å². The van der Waals surface area contributed by atoms with Gasteiger partial charge in [0.15, 0.2) is 0 Å². The average molecular weight is 244 g/mol. The van der Waals surface area contributed by atoms with Crippen LogP contribution in [-0.4, -0.2) is 47.3 Å². The molecule has 3 nitrogen and oxygen atoms in total. The molecule has 0 aromatic rings. The van der Waals surface area contributed by atoms with Crippen LogP contribution < -0.4 is 5.32 Å². The lowest BCUT2D eigenvalue weighted by molar-refractivity contribution is 0.111. The summed E-state index contributed by atoms with van der Waals surface area (Å²) in [6.07, 6.45) is 2.17. The van der Waals surface area contributed by atoms with Gasteiger partial charge in [0.05, 0.1) is 6.61 Å². The monoisotopic (exact) mass is 244 g/mol. The highest BCUT2D eigenvalue weighted by Crippen LogP contribution is 2.17. The van der Waals surface area contributed by atoms with Crippen LogP contribution in [0.4, 0.5) is 0 Å². The van der Waals surface area contributed by atoms with Gasteiger partial charge in [-0.3, -0.25) is 0 Å². The Hall–Kier alpha value is -0.120. The average Bonchev–Trinajstić information content (AvgIpc) is 2.24. The lowest BCUT2D eigenvalue weighted by Crippen LogP contribution is -2.53. The topological polar surface area (TPSA) is 35.5 Å². The van der Waals surface area contributed by atoms with Crippen molar-refractivity contribution >= 4 is 0 Å². The fourth-order valence-electron chi connectivity index (χ4n) is 2.62. The normalized spacial score (nSPS) is 17.5. The summed E-state index contributed by atoms with van der Waals surface area (Å²) in [7, 11) is 0. The van der Waals surface area contributed by atoms with Gasteiger partial charge < -0.3 is 15.3 Å². The van der Waals surface area contributed by atoms with Crippen molar-refractivity contribution in [2.24, 2.45) is 0 Å². The van der Waals surface area contributed by atoms with Crippen LogP contribution in [-0.2, 0) is 0 Å². The molecule has 2 N–H and O–H groups in total. The van der Waals surface area contributed by atoms with Gasteiger partial charge in [0.1, 0.15) is 0 Å². The summed E-state index contributed by atoms with van der Waals surface area (Å²) in [5, 5.41) is 13.1. The van der Waals surface area contributed by atoms with E-state index in [4.69, 9.17) is 0 Å². The first-order valence-electron chi connectivity index (χ1n) is 7.01. The fourth-order valence-corrected chi connectivity index (χ4v) is 2.62.